The Labute approximate surface area is 127 Å². The molecule has 4 nitrogen and oxygen atoms in total. The van der Waals surface area contributed by atoms with Gasteiger partial charge in [-0.3, -0.25) is 9.59 Å². The number of hydrogen-bond donors (Lipinski definition) is 2. The predicted molar refractivity (Wildman–Crippen MR) is 83.2 cm³/mol. The minimum absolute atomic E-state index is 0.415. The van der Waals surface area contributed by atoms with Gasteiger partial charge in [0.2, 0.25) is 0 Å². The molecule has 6 heteroatoms. The van der Waals surface area contributed by atoms with Gasteiger partial charge in [0.1, 0.15) is 0 Å². The maximum absolute atomic E-state index is 10.7. The van der Waals surface area contributed by atoms with Crippen LogP contribution in [0.2, 0.25) is 0 Å². The Bertz CT molecular complexity index is 416. The predicted octanol–water partition coefficient (Wildman–Crippen LogP) is 3.10. The van der Waals surface area contributed by atoms with E-state index in [0.29, 0.717) is 11.5 Å². The molecule has 0 aliphatic rings. The van der Waals surface area contributed by atoms with Crippen molar-refractivity contribution in [1.29, 1.82) is 0 Å². The lowest BCUT2D eigenvalue weighted by molar-refractivity contribution is -0.137. The molecule has 20 heavy (non-hydrogen) atoms. The highest BCUT2D eigenvalue weighted by Gasteiger charge is 2.12. The largest absolute Gasteiger partial charge is 0.480 e. The minimum Gasteiger partial charge on any atom is -0.480 e. The van der Waals surface area contributed by atoms with Crippen molar-refractivity contribution < 1.29 is 19.8 Å². The Hall–Kier alpha value is -1.14. The first-order chi connectivity index (χ1) is 9.40. The first kappa shape index (κ1) is 16.9. The number of aliphatic carboxylic acids is 2. The third-order valence-electron chi connectivity index (χ3n) is 2.72. The molecule has 0 saturated carbocycles. The van der Waals surface area contributed by atoms with E-state index in [-0.39, 0.29) is 0 Å². The summed E-state index contributed by atoms with van der Waals surface area (Å²) in [6.07, 6.45) is 0. The van der Waals surface area contributed by atoms with Crippen molar-refractivity contribution in [2.45, 2.75) is 35.9 Å². The molecule has 0 amide bonds. The molecule has 0 unspecified atom stereocenters. The van der Waals surface area contributed by atoms with Crippen molar-refractivity contribution >= 4 is 35.5 Å². The van der Waals surface area contributed by atoms with Crippen molar-refractivity contribution in [3.63, 3.8) is 0 Å². The fraction of sp³-hybridized carbons (Fsp3) is 0.429. The van der Waals surface area contributed by atoms with Gasteiger partial charge >= 0.3 is 11.9 Å². The molecule has 0 saturated heterocycles. The second-order valence-electron chi connectivity index (χ2n) is 4.40. The van der Waals surface area contributed by atoms with E-state index in [4.69, 9.17) is 10.2 Å². The van der Waals surface area contributed by atoms with E-state index in [0.717, 1.165) is 11.1 Å². The quantitative estimate of drug-likeness (QED) is 0.768. The molecule has 2 atom stereocenters. The van der Waals surface area contributed by atoms with Crippen molar-refractivity contribution in [3.8, 4) is 0 Å². The Morgan fingerprint density at radius 1 is 0.900 bits per heavy atom. The zero-order valence-corrected chi connectivity index (χ0v) is 13.0. The lowest BCUT2D eigenvalue weighted by Gasteiger charge is -2.08. The van der Waals surface area contributed by atoms with Crippen LogP contribution in [0.4, 0.5) is 0 Å². The third-order valence-corrected chi connectivity index (χ3v) is 5.12. The Balaban J connectivity index is 2.44. The summed E-state index contributed by atoms with van der Waals surface area (Å²) >= 11 is 2.77. The molecule has 0 fully saturated rings. The molecule has 0 aliphatic heterocycles. The summed E-state index contributed by atoms with van der Waals surface area (Å²) in [5.41, 5.74) is 2.14. The van der Waals surface area contributed by atoms with Gasteiger partial charge in [-0.25, -0.2) is 0 Å². The fourth-order valence-electron chi connectivity index (χ4n) is 1.32. The molecule has 0 bridgehead atoms. The summed E-state index contributed by atoms with van der Waals surface area (Å²) < 4.78 is 0. The monoisotopic (exact) mass is 314 g/mol. The number of thioether (sulfide) groups is 2. The molecule has 2 N–H and O–H groups in total. The van der Waals surface area contributed by atoms with Crippen LogP contribution in [0.15, 0.2) is 24.3 Å². The van der Waals surface area contributed by atoms with Crippen LogP contribution in [-0.2, 0) is 21.1 Å². The zero-order chi connectivity index (χ0) is 15.1. The number of hydrogen-bond acceptors (Lipinski definition) is 4. The van der Waals surface area contributed by atoms with Crippen molar-refractivity contribution in [2.24, 2.45) is 0 Å². The van der Waals surface area contributed by atoms with Crippen LogP contribution >= 0.6 is 23.5 Å². The molecule has 0 radical (unpaired) electrons. The summed E-state index contributed by atoms with van der Waals surface area (Å²) in [6, 6.07) is 7.84. The van der Waals surface area contributed by atoms with Crippen LogP contribution in [0.1, 0.15) is 25.0 Å². The van der Waals surface area contributed by atoms with E-state index >= 15 is 0 Å². The molecule has 1 aromatic carbocycles. The first-order valence-electron chi connectivity index (χ1n) is 6.16. The summed E-state index contributed by atoms with van der Waals surface area (Å²) in [5.74, 6) is -0.282. The molecule has 110 valence electrons. The number of carboxylic acids is 2. The SMILES string of the molecule is C[C@H](SCc1ccc(CS[C@H](C)C(=O)O)cc1)C(=O)O. The zero-order valence-electron chi connectivity index (χ0n) is 11.4. The number of carbonyl (C=O) groups is 2. The second-order valence-corrected chi connectivity index (χ2v) is 7.06. The third kappa shape index (κ3) is 5.88. The van der Waals surface area contributed by atoms with Crippen molar-refractivity contribution in [3.05, 3.63) is 35.4 Å². The van der Waals surface area contributed by atoms with E-state index in [1.807, 2.05) is 24.3 Å². The summed E-state index contributed by atoms with van der Waals surface area (Å²) in [6.45, 7) is 3.34. The summed E-state index contributed by atoms with van der Waals surface area (Å²) in [7, 11) is 0. The van der Waals surface area contributed by atoms with Gasteiger partial charge in [0.05, 0.1) is 10.5 Å². The maximum Gasteiger partial charge on any atom is 0.316 e. The van der Waals surface area contributed by atoms with Crippen LogP contribution in [-0.4, -0.2) is 32.7 Å². The Kier molecular flexibility index (Phi) is 6.95. The molecule has 0 heterocycles. The topological polar surface area (TPSA) is 74.6 Å². The van der Waals surface area contributed by atoms with Crippen LogP contribution in [0.5, 0.6) is 0 Å². The maximum atomic E-state index is 10.7. The Morgan fingerprint density at radius 3 is 1.45 bits per heavy atom. The number of rotatable bonds is 8. The van der Waals surface area contributed by atoms with E-state index < -0.39 is 22.4 Å². The molecular weight excluding hydrogens is 296 g/mol. The smallest absolute Gasteiger partial charge is 0.316 e. The van der Waals surface area contributed by atoms with Crippen LogP contribution < -0.4 is 0 Å². The van der Waals surface area contributed by atoms with Gasteiger partial charge in [0.15, 0.2) is 0 Å². The fourth-order valence-corrected chi connectivity index (χ4v) is 2.87. The van der Waals surface area contributed by atoms with E-state index in [1.54, 1.807) is 13.8 Å². The van der Waals surface area contributed by atoms with Gasteiger partial charge in [-0.15, -0.1) is 23.5 Å². The van der Waals surface area contributed by atoms with E-state index in [1.165, 1.54) is 23.5 Å². The van der Waals surface area contributed by atoms with Gasteiger partial charge in [0.25, 0.3) is 0 Å². The minimum atomic E-state index is -0.800. The number of carboxylic acid groups (broad SMARTS) is 2. The van der Waals surface area contributed by atoms with Crippen LogP contribution in [0, 0.1) is 0 Å². The van der Waals surface area contributed by atoms with Crippen LogP contribution in [0.3, 0.4) is 0 Å². The van der Waals surface area contributed by atoms with Gasteiger partial charge in [0, 0.05) is 11.5 Å². The lowest BCUT2D eigenvalue weighted by atomic mass is 10.2. The standard InChI is InChI=1S/C14H18O4S2/c1-9(13(15)16)19-7-11-3-5-12(6-4-11)8-20-10(2)14(17)18/h3-6,9-10H,7-8H2,1-2H3,(H,15,16)(H,17,18)/t9-,10+. The molecule has 0 aliphatic carbocycles. The van der Waals surface area contributed by atoms with E-state index in [2.05, 4.69) is 0 Å². The lowest BCUT2D eigenvalue weighted by Crippen LogP contribution is -2.11. The second kappa shape index (κ2) is 8.21. The first-order valence-corrected chi connectivity index (χ1v) is 8.26. The summed E-state index contributed by atoms with van der Waals surface area (Å²) in [4.78, 5) is 21.4. The molecule has 0 spiro atoms. The highest BCUT2D eigenvalue weighted by Crippen LogP contribution is 2.21. The normalized spacial score (nSPS) is 13.7. The van der Waals surface area contributed by atoms with Gasteiger partial charge in [-0.1, -0.05) is 24.3 Å². The summed E-state index contributed by atoms with van der Waals surface area (Å²) in [5, 5.41) is 16.8. The van der Waals surface area contributed by atoms with Gasteiger partial charge < -0.3 is 10.2 Å². The van der Waals surface area contributed by atoms with Crippen molar-refractivity contribution in [2.75, 3.05) is 0 Å². The molecule has 0 aromatic heterocycles. The van der Waals surface area contributed by atoms with Crippen molar-refractivity contribution in [1.82, 2.24) is 0 Å². The van der Waals surface area contributed by atoms with Gasteiger partial charge in [-0.2, -0.15) is 0 Å². The molecular formula is C14H18O4S2. The highest BCUT2D eigenvalue weighted by molar-refractivity contribution is 8.00. The number of benzene rings is 1. The average Bonchev–Trinajstić information content (AvgIpc) is 2.42. The Morgan fingerprint density at radius 2 is 1.20 bits per heavy atom. The molecule has 1 rings (SSSR count). The van der Waals surface area contributed by atoms with Gasteiger partial charge in [-0.05, 0) is 25.0 Å². The highest BCUT2D eigenvalue weighted by atomic mass is 32.2. The molecule has 1 aromatic rings. The van der Waals surface area contributed by atoms with E-state index in [9.17, 15) is 9.59 Å². The average molecular weight is 314 g/mol. The van der Waals surface area contributed by atoms with Crippen LogP contribution in [0.25, 0.3) is 0 Å².